The van der Waals surface area contributed by atoms with E-state index in [0.29, 0.717) is 25.4 Å². The zero-order valence-electron chi connectivity index (χ0n) is 13.9. The van der Waals surface area contributed by atoms with E-state index < -0.39 is 0 Å². The van der Waals surface area contributed by atoms with Crippen LogP contribution in [0, 0.1) is 13.8 Å². The Morgan fingerprint density at radius 2 is 2.04 bits per heavy atom. The first-order valence-electron chi connectivity index (χ1n) is 7.59. The maximum atomic E-state index is 12.4. The Morgan fingerprint density at radius 3 is 2.70 bits per heavy atom. The first-order chi connectivity index (χ1) is 11.1. The molecule has 0 saturated heterocycles. The minimum absolute atomic E-state index is 0.00702. The molecule has 0 fully saturated rings. The molecule has 1 aromatic heterocycles. The number of rotatable bonds is 8. The van der Waals surface area contributed by atoms with Crippen molar-refractivity contribution < 1.29 is 18.7 Å². The Morgan fingerprint density at radius 1 is 1.22 bits per heavy atom. The van der Waals surface area contributed by atoms with Crippen molar-refractivity contribution in [2.24, 2.45) is 0 Å². The summed E-state index contributed by atoms with van der Waals surface area (Å²) >= 11 is 0. The summed E-state index contributed by atoms with van der Waals surface area (Å²) in [4.78, 5) is 14.1. The molecule has 1 heterocycles. The van der Waals surface area contributed by atoms with Gasteiger partial charge >= 0.3 is 0 Å². The third-order valence-corrected chi connectivity index (χ3v) is 3.69. The molecule has 1 aromatic carbocycles. The molecule has 23 heavy (non-hydrogen) atoms. The van der Waals surface area contributed by atoms with Gasteiger partial charge in [0.05, 0.1) is 19.4 Å². The van der Waals surface area contributed by atoms with Gasteiger partial charge in [0.25, 0.3) is 5.91 Å². The third kappa shape index (κ3) is 5.14. The average Bonchev–Trinajstić information content (AvgIpc) is 3.05. The number of carbonyl (C=O) groups excluding carboxylic acids is 1. The molecule has 0 saturated carbocycles. The van der Waals surface area contributed by atoms with Gasteiger partial charge in [0, 0.05) is 13.7 Å². The minimum Gasteiger partial charge on any atom is -0.484 e. The second-order valence-corrected chi connectivity index (χ2v) is 5.42. The van der Waals surface area contributed by atoms with E-state index in [0.717, 1.165) is 11.3 Å². The summed E-state index contributed by atoms with van der Waals surface area (Å²) in [7, 11) is 1.61. The smallest absolute Gasteiger partial charge is 0.260 e. The molecule has 0 N–H and O–H groups in total. The van der Waals surface area contributed by atoms with Gasteiger partial charge in [-0.25, -0.2) is 0 Å². The van der Waals surface area contributed by atoms with Crippen molar-refractivity contribution in [1.29, 1.82) is 0 Å². The highest BCUT2D eigenvalue weighted by molar-refractivity contribution is 5.77. The second-order valence-electron chi connectivity index (χ2n) is 5.42. The summed E-state index contributed by atoms with van der Waals surface area (Å²) in [5.74, 6) is 1.34. The van der Waals surface area contributed by atoms with Crippen LogP contribution >= 0.6 is 0 Å². The lowest BCUT2D eigenvalue weighted by molar-refractivity contribution is -0.134. The molecule has 0 radical (unpaired) electrons. The molecule has 0 unspecified atom stereocenters. The highest BCUT2D eigenvalue weighted by Crippen LogP contribution is 2.16. The van der Waals surface area contributed by atoms with Gasteiger partial charge in [0.2, 0.25) is 0 Å². The van der Waals surface area contributed by atoms with Crippen molar-refractivity contribution in [3.63, 3.8) is 0 Å². The summed E-state index contributed by atoms with van der Waals surface area (Å²) < 4.78 is 16.0. The van der Waals surface area contributed by atoms with E-state index in [1.54, 1.807) is 24.3 Å². The molecule has 0 aliphatic carbocycles. The molecular formula is C18H23NO4. The topological polar surface area (TPSA) is 51.9 Å². The number of carbonyl (C=O) groups is 1. The standard InChI is InChI=1S/C18H23NO4/c1-14-6-7-16(11-15(14)2)23-13-18(20)19(8-10-21-3)12-17-5-4-9-22-17/h4-7,9,11H,8,10,12-13H2,1-3H3. The van der Waals surface area contributed by atoms with Gasteiger partial charge in [0.1, 0.15) is 11.5 Å². The number of benzene rings is 1. The fourth-order valence-electron chi connectivity index (χ4n) is 2.12. The summed E-state index contributed by atoms with van der Waals surface area (Å²) in [6.45, 7) is 5.42. The largest absolute Gasteiger partial charge is 0.484 e. The zero-order valence-corrected chi connectivity index (χ0v) is 13.9. The number of hydrogen-bond donors (Lipinski definition) is 0. The van der Waals surface area contributed by atoms with Crippen LogP contribution in [-0.4, -0.2) is 37.7 Å². The molecule has 2 rings (SSSR count). The van der Waals surface area contributed by atoms with E-state index >= 15 is 0 Å². The Kier molecular flexibility index (Phi) is 6.23. The van der Waals surface area contributed by atoms with Crippen LogP contribution in [0.5, 0.6) is 5.75 Å². The van der Waals surface area contributed by atoms with Crippen LogP contribution in [0.4, 0.5) is 0 Å². The van der Waals surface area contributed by atoms with Gasteiger partial charge in [-0.05, 0) is 49.2 Å². The van der Waals surface area contributed by atoms with E-state index in [2.05, 4.69) is 0 Å². The lowest BCUT2D eigenvalue weighted by Gasteiger charge is -2.21. The van der Waals surface area contributed by atoms with Gasteiger partial charge < -0.3 is 18.8 Å². The van der Waals surface area contributed by atoms with Crippen molar-refractivity contribution >= 4 is 5.91 Å². The number of aryl methyl sites for hydroxylation is 2. The lowest BCUT2D eigenvalue weighted by Crippen LogP contribution is -2.36. The van der Waals surface area contributed by atoms with E-state index in [9.17, 15) is 4.79 Å². The van der Waals surface area contributed by atoms with E-state index in [-0.39, 0.29) is 12.5 Å². The number of hydrogen-bond acceptors (Lipinski definition) is 4. The molecule has 0 atom stereocenters. The first kappa shape index (κ1) is 17.1. The van der Waals surface area contributed by atoms with Crippen LogP contribution < -0.4 is 4.74 Å². The minimum atomic E-state index is -0.100. The molecule has 0 aliphatic rings. The molecule has 124 valence electrons. The van der Waals surface area contributed by atoms with E-state index in [1.165, 1.54) is 5.56 Å². The number of furan rings is 1. The Balaban J connectivity index is 1.94. The van der Waals surface area contributed by atoms with Crippen LogP contribution in [0.15, 0.2) is 41.0 Å². The second kappa shape index (κ2) is 8.39. The number of amides is 1. The SMILES string of the molecule is COCCN(Cc1ccco1)C(=O)COc1ccc(C)c(C)c1. The maximum Gasteiger partial charge on any atom is 0.260 e. The van der Waals surface area contributed by atoms with Crippen LogP contribution in [0.2, 0.25) is 0 Å². The predicted molar refractivity (Wildman–Crippen MR) is 87.4 cm³/mol. The maximum absolute atomic E-state index is 12.4. The first-order valence-corrected chi connectivity index (χ1v) is 7.59. The van der Waals surface area contributed by atoms with Gasteiger partial charge in [0.15, 0.2) is 6.61 Å². The van der Waals surface area contributed by atoms with E-state index in [1.807, 2.05) is 38.1 Å². The summed E-state index contributed by atoms with van der Waals surface area (Å²) in [6, 6.07) is 9.45. The summed E-state index contributed by atoms with van der Waals surface area (Å²) in [5.41, 5.74) is 2.34. The molecular weight excluding hydrogens is 294 g/mol. The van der Waals surface area contributed by atoms with Crippen LogP contribution in [0.25, 0.3) is 0 Å². The molecule has 0 aliphatic heterocycles. The van der Waals surface area contributed by atoms with Crippen LogP contribution in [0.3, 0.4) is 0 Å². The molecule has 0 bridgehead atoms. The third-order valence-electron chi connectivity index (χ3n) is 3.69. The molecule has 1 amide bonds. The molecule has 0 spiro atoms. The predicted octanol–water partition coefficient (Wildman–Crippen LogP) is 2.95. The Labute approximate surface area is 136 Å². The van der Waals surface area contributed by atoms with Crippen LogP contribution in [-0.2, 0) is 16.1 Å². The van der Waals surface area contributed by atoms with Gasteiger partial charge in [-0.3, -0.25) is 4.79 Å². The van der Waals surface area contributed by atoms with E-state index in [4.69, 9.17) is 13.9 Å². The average molecular weight is 317 g/mol. The fraction of sp³-hybridized carbons (Fsp3) is 0.389. The highest BCUT2D eigenvalue weighted by atomic mass is 16.5. The quantitative estimate of drug-likeness (QED) is 0.751. The van der Waals surface area contributed by atoms with Crippen LogP contribution in [0.1, 0.15) is 16.9 Å². The number of methoxy groups -OCH3 is 1. The van der Waals surface area contributed by atoms with Crippen molar-refractivity contribution in [2.75, 3.05) is 26.9 Å². The normalized spacial score (nSPS) is 10.6. The van der Waals surface area contributed by atoms with Crippen molar-refractivity contribution in [1.82, 2.24) is 4.90 Å². The van der Waals surface area contributed by atoms with Crippen molar-refractivity contribution in [2.45, 2.75) is 20.4 Å². The lowest BCUT2D eigenvalue weighted by atomic mass is 10.1. The fourth-order valence-corrected chi connectivity index (χ4v) is 2.12. The summed E-state index contributed by atoms with van der Waals surface area (Å²) in [5, 5.41) is 0. The number of ether oxygens (including phenoxy) is 2. The highest BCUT2D eigenvalue weighted by Gasteiger charge is 2.16. The van der Waals surface area contributed by atoms with Crippen molar-refractivity contribution in [3.05, 3.63) is 53.5 Å². The zero-order chi connectivity index (χ0) is 16.7. The van der Waals surface area contributed by atoms with Crippen molar-refractivity contribution in [3.8, 4) is 5.75 Å². The van der Waals surface area contributed by atoms with Gasteiger partial charge in [-0.15, -0.1) is 0 Å². The van der Waals surface area contributed by atoms with Gasteiger partial charge in [-0.1, -0.05) is 6.07 Å². The molecule has 2 aromatic rings. The molecule has 5 heteroatoms. The Bertz CT molecular complexity index is 622. The van der Waals surface area contributed by atoms with Gasteiger partial charge in [-0.2, -0.15) is 0 Å². The Hall–Kier alpha value is -2.27. The summed E-state index contributed by atoms with van der Waals surface area (Å²) in [6.07, 6.45) is 1.60. The number of nitrogens with zero attached hydrogens (tertiary/aromatic N) is 1. The monoisotopic (exact) mass is 317 g/mol. The molecule has 5 nitrogen and oxygen atoms in total.